The summed E-state index contributed by atoms with van der Waals surface area (Å²) in [6.07, 6.45) is 0. The van der Waals surface area contributed by atoms with Crippen LogP contribution in [-0.4, -0.2) is 27.9 Å². The Morgan fingerprint density at radius 1 is 1.41 bits per heavy atom. The molecule has 0 unspecified atom stereocenters. The number of halogens is 1. The number of hydrogen-bond acceptors (Lipinski definition) is 2. The van der Waals surface area contributed by atoms with Gasteiger partial charge in [-0.3, -0.25) is 9.36 Å². The lowest BCUT2D eigenvalue weighted by atomic mass is 10.3. The largest absolute Gasteiger partial charge is 0.353 e. The smallest absolute Gasteiger partial charge is 0.326 e. The summed E-state index contributed by atoms with van der Waals surface area (Å²) in [5, 5.41) is 2.62. The van der Waals surface area contributed by atoms with Crippen LogP contribution in [0.4, 0.5) is 0 Å². The maximum absolute atomic E-state index is 11.7. The van der Waals surface area contributed by atoms with E-state index in [0.29, 0.717) is 13.1 Å². The molecule has 2 N–H and O–H groups in total. The molecule has 1 heterocycles. The Morgan fingerprint density at radius 3 is 2.94 bits per heavy atom. The van der Waals surface area contributed by atoms with E-state index >= 15 is 0 Å². The maximum atomic E-state index is 11.7. The Kier molecular flexibility index (Phi) is 3.49. The van der Waals surface area contributed by atoms with Crippen LogP contribution in [-0.2, 0) is 11.3 Å². The molecule has 0 aliphatic rings. The fourth-order valence-corrected chi connectivity index (χ4v) is 1.78. The Labute approximate surface area is 102 Å². The number of alkyl halides is 1. The van der Waals surface area contributed by atoms with Gasteiger partial charge in [0.2, 0.25) is 5.91 Å². The zero-order valence-electron chi connectivity index (χ0n) is 9.07. The number of benzene rings is 1. The van der Waals surface area contributed by atoms with E-state index < -0.39 is 0 Å². The zero-order chi connectivity index (χ0) is 12.3. The lowest BCUT2D eigenvalue weighted by molar-refractivity contribution is -0.118. The van der Waals surface area contributed by atoms with Crippen molar-refractivity contribution in [3.05, 3.63) is 34.7 Å². The standard InChI is InChI=1S/C11H12ClN3O2/c12-7-10(16)13-5-6-15-9-4-2-1-3-8(9)14-11(15)17/h1-4H,5-7H2,(H,13,16)(H,14,17). The van der Waals surface area contributed by atoms with Crippen molar-refractivity contribution in [3.8, 4) is 0 Å². The van der Waals surface area contributed by atoms with E-state index in [-0.39, 0.29) is 17.5 Å². The van der Waals surface area contributed by atoms with Gasteiger partial charge in [0.05, 0.1) is 11.0 Å². The molecule has 90 valence electrons. The van der Waals surface area contributed by atoms with Gasteiger partial charge in [-0.25, -0.2) is 4.79 Å². The highest BCUT2D eigenvalue weighted by Gasteiger charge is 2.05. The van der Waals surface area contributed by atoms with Crippen molar-refractivity contribution in [2.24, 2.45) is 0 Å². The number of imidazole rings is 1. The van der Waals surface area contributed by atoms with Crippen LogP contribution in [0.15, 0.2) is 29.1 Å². The van der Waals surface area contributed by atoms with E-state index in [2.05, 4.69) is 10.3 Å². The molecule has 0 saturated heterocycles. The van der Waals surface area contributed by atoms with Crippen LogP contribution in [0.1, 0.15) is 0 Å². The van der Waals surface area contributed by atoms with Crippen LogP contribution in [0.3, 0.4) is 0 Å². The second-order valence-electron chi connectivity index (χ2n) is 3.58. The molecule has 0 saturated carbocycles. The number of carbonyl (C=O) groups excluding carboxylic acids is 1. The van der Waals surface area contributed by atoms with Crippen molar-refractivity contribution in [3.63, 3.8) is 0 Å². The summed E-state index contributed by atoms with van der Waals surface area (Å²) in [4.78, 5) is 25.4. The van der Waals surface area contributed by atoms with Crippen LogP contribution >= 0.6 is 11.6 Å². The minimum Gasteiger partial charge on any atom is -0.353 e. The molecule has 0 atom stereocenters. The molecule has 5 nitrogen and oxygen atoms in total. The fourth-order valence-electron chi connectivity index (χ4n) is 1.68. The van der Waals surface area contributed by atoms with Gasteiger partial charge in [0.25, 0.3) is 0 Å². The Balaban J connectivity index is 2.15. The predicted octanol–water partition coefficient (Wildman–Crippen LogP) is 0.685. The van der Waals surface area contributed by atoms with Gasteiger partial charge in [-0.2, -0.15) is 0 Å². The molecule has 1 aromatic carbocycles. The molecule has 1 aromatic heterocycles. The van der Waals surface area contributed by atoms with Crippen molar-refractivity contribution in [1.82, 2.24) is 14.9 Å². The number of fused-ring (bicyclic) bond motifs is 1. The van der Waals surface area contributed by atoms with Gasteiger partial charge >= 0.3 is 5.69 Å². The van der Waals surface area contributed by atoms with Gasteiger partial charge in [0.15, 0.2) is 0 Å². The maximum Gasteiger partial charge on any atom is 0.326 e. The Morgan fingerprint density at radius 2 is 2.18 bits per heavy atom. The summed E-state index contributed by atoms with van der Waals surface area (Å²) in [6, 6.07) is 7.42. The van der Waals surface area contributed by atoms with E-state index in [1.807, 2.05) is 24.3 Å². The molecule has 0 aliphatic heterocycles. The number of rotatable bonds is 4. The van der Waals surface area contributed by atoms with Gasteiger partial charge in [-0.1, -0.05) is 12.1 Å². The number of carbonyl (C=O) groups is 1. The van der Waals surface area contributed by atoms with Crippen LogP contribution < -0.4 is 11.0 Å². The first-order valence-corrected chi connectivity index (χ1v) is 5.76. The summed E-state index contributed by atoms with van der Waals surface area (Å²) in [6.45, 7) is 0.804. The van der Waals surface area contributed by atoms with Crippen molar-refractivity contribution >= 4 is 28.5 Å². The average Bonchev–Trinajstić information content (AvgIpc) is 2.66. The van der Waals surface area contributed by atoms with Crippen LogP contribution in [0.2, 0.25) is 0 Å². The normalized spacial score (nSPS) is 10.6. The number of H-pyrrole nitrogens is 1. The molecule has 0 radical (unpaired) electrons. The predicted molar refractivity (Wildman–Crippen MR) is 66.3 cm³/mol. The summed E-state index contributed by atoms with van der Waals surface area (Å²) in [5.74, 6) is -0.303. The second-order valence-corrected chi connectivity index (χ2v) is 3.85. The molecule has 0 fully saturated rings. The van der Waals surface area contributed by atoms with Gasteiger partial charge in [0, 0.05) is 13.1 Å². The summed E-state index contributed by atoms with van der Waals surface area (Å²) in [5.41, 5.74) is 1.45. The van der Waals surface area contributed by atoms with Gasteiger partial charge in [0.1, 0.15) is 5.88 Å². The SMILES string of the molecule is O=C(CCl)NCCn1c(=O)[nH]c2ccccc21. The highest BCUT2D eigenvalue weighted by atomic mass is 35.5. The Hall–Kier alpha value is -1.75. The highest BCUT2D eigenvalue weighted by molar-refractivity contribution is 6.27. The average molecular weight is 254 g/mol. The number of nitrogens with zero attached hydrogens (tertiary/aromatic N) is 1. The minimum atomic E-state index is -0.237. The van der Waals surface area contributed by atoms with E-state index in [0.717, 1.165) is 11.0 Å². The van der Waals surface area contributed by atoms with Crippen molar-refractivity contribution < 1.29 is 4.79 Å². The minimum absolute atomic E-state index is 0.0667. The first-order valence-electron chi connectivity index (χ1n) is 5.22. The lowest BCUT2D eigenvalue weighted by Crippen LogP contribution is -2.30. The zero-order valence-corrected chi connectivity index (χ0v) is 9.83. The van der Waals surface area contributed by atoms with Gasteiger partial charge in [-0.15, -0.1) is 11.6 Å². The van der Waals surface area contributed by atoms with Crippen molar-refractivity contribution in [2.45, 2.75) is 6.54 Å². The van der Waals surface area contributed by atoms with Gasteiger partial charge < -0.3 is 10.3 Å². The molecule has 2 aromatic rings. The van der Waals surface area contributed by atoms with Crippen LogP contribution in [0.25, 0.3) is 11.0 Å². The Bertz CT molecular complexity index is 588. The summed E-state index contributed by atoms with van der Waals surface area (Å²) < 4.78 is 1.59. The fraction of sp³-hybridized carbons (Fsp3) is 0.273. The second kappa shape index (κ2) is 5.05. The number of aromatic amines is 1. The van der Waals surface area contributed by atoms with E-state index in [4.69, 9.17) is 11.6 Å². The number of amides is 1. The third-order valence-electron chi connectivity index (χ3n) is 2.46. The molecule has 6 heteroatoms. The first kappa shape index (κ1) is 11.7. The van der Waals surface area contributed by atoms with Crippen LogP contribution in [0, 0.1) is 0 Å². The van der Waals surface area contributed by atoms with Crippen molar-refractivity contribution in [2.75, 3.05) is 12.4 Å². The number of hydrogen-bond donors (Lipinski definition) is 2. The topological polar surface area (TPSA) is 66.9 Å². The van der Waals surface area contributed by atoms with E-state index in [1.54, 1.807) is 4.57 Å². The molecule has 0 bridgehead atoms. The molecular formula is C11H12ClN3O2. The monoisotopic (exact) mass is 253 g/mol. The van der Waals surface area contributed by atoms with E-state index in [9.17, 15) is 9.59 Å². The highest BCUT2D eigenvalue weighted by Crippen LogP contribution is 2.08. The molecule has 0 spiro atoms. The lowest BCUT2D eigenvalue weighted by Gasteiger charge is -2.04. The molecule has 0 aliphatic carbocycles. The molecule has 17 heavy (non-hydrogen) atoms. The van der Waals surface area contributed by atoms with E-state index in [1.165, 1.54) is 0 Å². The number of aromatic nitrogens is 2. The summed E-state index contributed by atoms with van der Waals surface area (Å²) in [7, 11) is 0. The molecule has 1 amide bonds. The molecular weight excluding hydrogens is 242 g/mol. The number of nitrogens with one attached hydrogen (secondary N) is 2. The molecule has 2 rings (SSSR count). The third kappa shape index (κ3) is 2.50. The van der Waals surface area contributed by atoms with Crippen LogP contribution in [0.5, 0.6) is 0 Å². The third-order valence-corrected chi connectivity index (χ3v) is 2.70. The quantitative estimate of drug-likeness (QED) is 0.787. The first-order chi connectivity index (χ1) is 8.22. The van der Waals surface area contributed by atoms with Gasteiger partial charge in [-0.05, 0) is 12.1 Å². The van der Waals surface area contributed by atoms with Crippen molar-refractivity contribution in [1.29, 1.82) is 0 Å². The number of para-hydroxylation sites is 2. The summed E-state index contributed by atoms with van der Waals surface area (Å²) >= 11 is 5.35.